The zero-order valence-electron chi connectivity index (χ0n) is 19.5. The number of thioether (sulfide) groups is 1. The second-order valence-corrected chi connectivity index (χ2v) is 9.14. The summed E-state index contributed by atoms with van der Waals surface area (Å²) in [5, 5.41) is 7.84. The second-order valence-electron chi connectivity index (χ2n) is 8.12. The molecule has 0 radical (unpaired) electrons. The van der Waals surface area contributed by atoms with Gasteiger partial charge < -0.3 is 20.1 Å². The van der Waals surface area contributed by atoms with E-state index in [9.17, 15) is 14.4 Å². The molecule has 1 atom stereocenters. The summed E-state index contributed by atoms with van der Waals surface area (Å²) in [5.41, 5.74) is 1.77. The van der Waals surface area contributed by atoms with Crippen LogP contribution in [0.4, 0.5) is 10.5 Å². The van der Waals surface area contributed by atoms with Crippen LogP contribution in [-0.4, -0.2) is 43.4 Å². The summed E-state index contributed by atoms with van der Waals surface area (Å²) >= 11 is 1.33. The number of anilines is 1. The molecule has 3 N–H and O–H groups in total. The highest BCUT2D eigenvalue weighted by Gasteiger charge is 2.41. The van der Waals surface area contributed by atoms with Crippen LogP contribution in [0.2, 0.25) is 0 Å². The Balaban J connectivity index is 1.54. The van der Waals surface area contributed by atoms with E-state index in [4.69, 9.17) is 9.47 Å². The van der Waals surface area contributed by atoms with Gasteiger partial charge in [-0.25, -0.2) is 4.79 Å². The summed E-state index contributed by atoms with van der Waals surface area (Å²) in [5.74, 6) is 1.02. The van der Waals surface area contributed by atoms with Gasteiger partial charge in [-0.05, 0) is 55.0 Å². The number of benzene rings is 3. The Morgan fingerprint density at radius 2 is 1.74 bits per heavy atom. The van der Waals surface area contributed by atoms with Crippen molar-refractivity contribution < 1.29 is 23.9 Å². The quantitative estimate of drug-likeness (QED) is 0.320. The van der Waals surface area contributed by atoms with E-state index in [1.54, 1.807) is 45.4 Å². The van der Waals surface area contributed by atoms with Gasteiger partial charge in [0, 0.05) is 21.9 Å². The first-order chi connectivity index (χ1) is 16.8. The number of urea groups is 1. The van der Waals surface area contributed by atoms with Crippen molar-refractivity contribution in [3.05, 3.63) is 72.3 Å². The van der Waals surface area contributed by atoms with Gasteiger partial charge in [0.05, 0.1) is 19.8 Å². The van der Waals surface area contributed by atoms with Crippen LogP contribution >= 0.6 is 11.8 Å². The number of carbonyl (C=O) groups is 3. The number of amides is 4. The molecule has 9 heteroatoms. The number of carbonyl (C=O) groups excluding carboxylic acids is 3. The van der Waals surface area contributed by atoms with Crippen molar-refractivity contribution in [3.63, 3.8) is 0 Å². The Morgan fingerprint density at radius 1 is 1.00 bits per heavy atom. The second kappa shape index (κ2) is 10.1. The van der Waals surface area contributed by atoms with E-state index in [1.807, 2.05) is 42.5 Å². The fourth-order valence-electron chi connectivity index (χ4n) is 3.66. The molecule has 0 spiro atoms. The Labute approximate surface area is 207 Å². The molecular formula is C26H25N3O5S. The Kier molecular flexibility index (Phi) is 6.97. The highest BCUT2D eigenvalue weighted by molar-refractivity contribution is 7.99. The van der Waals surface area contributed by atoms with Crippen molar-refractivity contribution in [1.82, 2.24) is 10.6 Å². The lowest BCUT2D eigenvalue weighted by Gasteiger charge is -2.20. The Morgan fingerprint density at radius 3 is 2.40 bits per heavy atom. The molecule has 1 saturated heterocycles. The third-order valence-corrected chi connectivity index (χ3v) is 7.01. The summed E-state index contributed by atoms with van der Waals surface area (Å²) in [6.07, 6.45) is 0. The van der Waals surface area contributed by atoms with Crippen LogP contribution < -0.4 is 25.4 Å². The molecule has 0 bridgehead atoms. The van der Waals surface area contributed by atoms with Gasteiger partial charge in [-0.2, -0.15) is 0 Å². The smallest absolute Gasteiger partial charge is 0.322 e. The molecule has 1 fully saturated rings. The van der Waals surface area contributed by atoms with Gasteiger partial charge in [-0.1, -0.05) is 24.3 Å². The topological polar surface area (TPSA) is 106 Å². The van der Waals surface area contributed by atoms with Gasteiger partial charge in [-0.3, -0.25) is 14.9 Å². The minimum atomic E-state index is -1.05. The van der Waals surface area contributed by atoms with Crippen molar-refractivity contribution in [2.45, 2.75) is 17.4 Å². The molecule has 35 heavy (non-hydrogen) atoms. The van der Waals surface area contributed by atoms with Crippen LogP contribution in [0.25, 0.3) is 11.1 Å². The summed E-state index contributed by atoms with van der Waals surface area (Å²) in [6.45, 7) is 1.65. The van der Waals surface area contributed by atoms with Crippen molar-refractivity contribution in [2.24, 2.45) is 0 Å². The molecule has 1 unspecified atom stereocenters. The van der Waals surface area contributed by atoms with Crippen LogP contribution in [0.5, 0.6) is 11.5 Å². The van der Waals surface area contributed by atoms with E-state index in [0.717, 1.165) is 16.9 Å². The number of ether oxygens (including phenoxy) is 2. The van der Waals surface area contributed by atoms with Gasteiger partial charge in [-0.15, -0.1) is 11.8 Å². The van der Waals surface area contributed by atoms with E-state index in [-0.39, 0.29) is 17.6 Å². The molecule has 3 aromatic rings. The van der Waals surface area contributed by atoms with Crippen molar-refractivity contribution in [2.75, 3.05) is 25.3 Å². The maximum absolute atomic E-state index is 13.2. The molecule has 4 amide bonds. The SMILES string of the molecule is COc1ccc(-c2cc(NC(=O)c3ccccc3SCC3(C)NC(=O)NC3=O)ccc2OC)cc1. The third-order valence-electron chi connectivity index (χ3n) is 5.62. The van der Waals surface area contributed by atoms with Gasteiger partial charge in [0.2, 0.25) is 0 Å². The molecule has 180 valence electrons. The monoisotopic (exact) mass is 491 g/mol. The molecule has 1 heterocycles. The maximum atomic E-state index is 13.2. The molecule has 1 aliphatic heterocycles. The molecule has 0 saturated carbocycles. The molecule has 0 aromatic heterocycles. The van der Waals surface area contributed by atoms with E-state index in [2.05, 4.69) is 16.0 Å². The molecule has 3 aromatic carbocycles. The summed E-state index contributed by atoms with van der Waals surface area (Å²) in [7, 11) is 3.21. The van der Waals surface area contributed by atoms with Crippen LogP contribution in [0.3, 0.4) is 0 Å². The summed E-state index contributed by atoms with van der Waals surface area (Å²) < 4.78 is 10.8. The Hall–Kier alpha value is -3.98. The number of imide groups is 1. The van der Waals surface area contributed by atoms with Crippen LogP contribution in [-0.2, 0) is 4.79 Å². The first kappa shape index (κ1) is 24.2. The molecule has 8 nitrogen and oxygen atoms in total. The normalized spacial score (nSPS) is 16.9. The average molecular weight is 492 g/mol. The number of hydrogen-bond acceptors (Lipinski definition) is 6. The number of methoxy groups -OCH3 is 2. The van der Waals surface area contributed by atoms with E-state index >= 15 is 0 Å². The largest absolute Gasteiger partial charge is 0.497 e. The van der Waals surface area contributed by atoms with E-state index in [0.29, 0.717) is 21.9 Å². The first-order valence-corrected chi connectivity index (χ1v) is 11.8. The average Bonchev–Trinajstić information content (AvgIpc) is 3.13. The number of nitrogens with one attached hydrogen (secondary N) is 3. The minimum absolute atomic E-state index is 0.277. The van der Waals surface area contributed by atoms with Gasteiger partial charge in [0.1, 0.15) is 17.0 Å². The fourth-order valence-corrected chi connectivity index (χ4v) is 4.80. The zero-order chi connectivity index (χ0) is 25.0. The minimum Gasteiger partial charge on any atom is -0.497 e. The van der Waals surface area contributed by atoms with Crippen LogP contribution in [0.15, 0.2) is 71.6 Å². The van der Waals surface area contributed by atoms with E-state index < -0.39 is 11.6 Å². The third kappa shape index (κ3) is 5.25. The highest BCUT2D eigenvalue weighted by Crippen LogP contribution is 2.34. The van der Waals surface area contributed by atoms with Gasteiger partial charge in [0.25, 0.3) is 11.8 Å². The molecular weight excluding hydrogens is 466 g/mol. The van der Waals surface area contributed by atoms with Crippen LogP contribution in [0, 0.1) is 0 Å². The summed E-state index contributed by atoms with van der Waals surface area (Å²) in [4.78, 5) is 37.5. The van der Waals surface area contributed by atoms with Gasteiger partial charge in [0.15, 0.2) is 0 Å². The predicted octanol–water partition coefficient (Wildman–Crippen LogP) is 4.31. The standard InChI is InChI=1S/C26H25N3O5S/c1-26(24(31)28-25(32)29-26)15-35-22-7-5-4-6-19(22)23(30)27-17-10-13-21(34-3)20(14-17)16-8-11-18(33-2)12-9-16/h4-14H,15H2,1-3H3,(H,27,30)(H2,28,29,31,32). The number of rotatable bonds is 8. The molecule has 4 rings (SSSR count). The lowest BCUT2D eigenvalue weighted by atomic mass is 10.0. The number of hydrogen-bond donors (Lipinski definition) is 3. The fraction of sp³-hybridized carbons (Fsp3) is 0.192. The van der Waals surface area contributed by atoms with Crippen molar-refractivity contribution >= 4 is 35.3 Å². The zero-order valence-corrected chi connectivity index (χ0v) is 20.3. The first-order valence-electron chi connectivity index (χ1n) is 10.8. The maximum Gasteiger partial charge on any atom is 0.322 e. The lowest BCUT2D eigenvalue weighted by molar-refractivity contribution is -0.122. The van der Waals surface area contributed by atoms with Gasteiger partial charge >= 0.3 is 6.03 Å². The van der Waals surface area contributed by atoms with Crippen LogP contribution in [0.1, 0.15) is 17.3 Å². The summed E-state index contributed by atoms with van der Waals surface area (Å²) in [6, 6.07) is 19.6. The Bertz CT molecular complexity index is 1280. The molecule has 0 aliphatic carbocycles. The van der Waals surface area contributed by atoms with E-state index in [1.165, 1.54) is 11.8 Å². The van der Waals surface area contributed by atoms with Crippen molar-refractivity contribution in [3.8, 4) is 22.6 Å². The highest BCUT2D eigenvalue weighted by atomic mass is 32.2. The molecule has 1 aliphatic rings. The predicted molar refractivity (Wildman–Crippen MR) is 135 cm³/mol. The lowest BCUT2D eigenvalue weighted by Crippen LogP contribution is -2.46. The van der Waals surface area contributed by atoms with Crippen molar-refractivity contribution in [1.29, 1.82) is 0 Å².